The van der Waals surface area contributed by atoms with E-state index in [-0.39, 0.29) is 0 Å². The molecule has 0 atom stereocenters. The Morgan fingerprint density at radius 2 is 2.16 bits per heavy atom. The zero-order valence-corrected chi connectivity index (χ0v) is 10.7. The van der Waals surface area contributed by atoms with Crippen molar-refractivity contribution in [1.29, 1.82) is 0 Å². The number of aromatic nitrogens is 2. The normalized spacial score (nSPS) is 10.8. The van der Waals surface area contributed by atoms with Crippen LogP contribution in [0.25, 0.3) is 5.65 Å². The van der Waals surface area contributed by atoms with E-state index < -0.39 is 0 Å². The van der Waals surface area contributed by atoms with E-state index in [4.69, 9.17) is 10.5 Å². The monoisotopic (exact) mass is 253 g/mol. The van der Waals surface area contributed by atoms with E-state index in [0.717, 1.165) is 22.7 Å². The molecule has 2 heterocycles. The molecular formula is C15H15N3O. The molecule has 0 aliphatic carbocycles. The van der Waals surface area contributed by atoms with Gasteiger partial charge in [0, 0.05) is 24.1 Å². The molecule has 0 saturated carbocycles. The number of fused-ring (bicyclic) bond motifs is 1. The van der Waals surface area contributed by atoms with Crippen molar-refractivity contribution in [2.24, 2.45) is 0 Å². The number of anilines is 1. The number of benzene rings is 1. The number of hydrogen-bond acceptors (Lipinski definition) is 3. The highest BCUT2D eigenvalue weighted by Crippen LogP contribution is 2.21. The smallest absolute Gasteiger partial charge is 0.137 e. The van der Waals surface area contributed by atoms with Gasteiger partial charge in [0.05, 0.1) is 5.69 Å². The van der Waals surface area contributed by atoms with Crippen LogP contribution >= 0.6 is 0 Å². The van der Waals surface area contributed by atoms with Gasteiger partial charge in [-0.25, -0.2) is 4.98 Å². The Bertz CT molecular complexity index is 685. The standard InChI is InChI=1S/C15H15N3O/c1-11-5-6-12(16)8-14(11)19-10-13-9-18-7-3-2-4-15(18)17-13/h2-9H,10,16H2,1H3. The Morgan fingerprint density at radius 3 is 3.00 bits per heavy atom. The van der Waals surface area contributed by atoms with Gasteiger partial charge in [-0.3, -0.25) is 0 Å². The second-order valence-corrected chi connectivity index (χ2v) is 4.51. The van der Waals surface area contributed by atoms with Gasteiger partial charge in [0.1, 0.15) is 18.0 Å². The van der Waals surface area contributed by atoms with E-state index in [1.807, 2.05) is 60.1 Å². The minimum Gasteiger partial charge on any atom is -0.487 e. The van der Waals surface area contributed by atoms with Crippen LogP contribution in [0.5, 0.6) is 5.75 Å². The number of nitrogen functional groups attached to an aromatic ring is 1. The summed E-state index contributed by atoms with van der Waals surface area (Å²) in [5, 5.41) is 0. The minimum atomic E-state index is 0.436. The Labute approximate surface area is 111 Å². The molecule has 4 nitrogen and oxygen atoms in total. The third kappa shape index (κ3) is 2.38. The van der Waals surface area contributed by atoms with Crippen molar-refractivity contribution < 1.29 is 4.74 Å². The first-order chi connectivity index (χ1) is 9.22. The van der Waals surface area contributed by atoms with Crippen LogP contribution in [0.1, 0.15) is 11.3 Å². The van der Waals surface area contributed by atoms with Crippen molar-refractivity contribution >= 4 is 11.3 Å². The van der Waals surface area contributed by atoms with Crippen molar-refractivity contribution in [1.82, 2.24) is 9.38 Å². The summed E-state index contributed by atoms with van der Waals surface area (Å²) in [7, 11) is 0. The number of nitrogens with zero attached hydrogens (tertiary/aromatic N) is 2. The van der Waals surface area contributed by atoms with Crippen LogP contribution in [0.3, 0.4) is 0 Å². The zero-order valence-electron chi connectivity index (χ0n) is 10.7. The first kappa shape index (κ1) is 11.6. The molecule has 0 amide bonds. The van der Waals surface area contributed by atoms with Crippen molar-refractivity contribution in [3.05, 3.63) is 60.0 Å². The van der Waals surface area contributed by atoms with E-state index in [0.29, 0.717) is 12.3 Å². The molecule has 2 aromatic heterocycles. The zero-order chi connectivity index (χ0) is 13.2. The van der Waals surface area contributed by atoms with E-state index in [9.17, 15) is 0 Å². The molecule has 0 saturated heterocycles. The van der Waals surface area contributed by atoms with Crippen LogP contribution in [-0.4, -0.2) is 9.38 Å². The summed E-state index contributed by atoms with van der Waals surface area (Å²) in [5.41, 5.74) is 9.35. The molecule has 2 N–H and O–H groups in total. The summed E-state index contributed by atoms with van der Waals surface area (Å²) in [6, 6.07) is 11.6. The Balaban J connectivity index is 1.80. The average molecular weight is 253 g/mol. The third-order valence-corrected chi connectivity index (χ3v) is 3.00. The number of hydrogen-bond donors (Lipinski definition) is 1. The van der Waals surface area contributed by atoms with Gasteiger partial charge in [-0.2, -0.15) is 0 Å². The molecule has 0 aliphatic rings. The van der Waals surface area contributed by atoms with Crippen LogP contribution < -0.4 is 10.5 Å². The van der Waals surface area contributed by atoms with Crippen LogP contribution in [0.2, 0.25) is 0 Å². The maximum atomic E-state index is 5.78. The Hall–Kier alpha value is -2.49. The largest absolute Gasteiger partial charge is 0.487 e. The first-order valence-electron chi connectivity index (χ1n) is 6.14. The topological polar surface area (TPSA) is 52.5 Å². The van der Waals surface area contributed by atoms with Crippen molar-refractivity contribution in [2.45, 2.75) is 13.5 Å². The van der Waals surface area contributed by atoms with Gasteiger partial charge in [0.15, 0.2) is 0 Å². The SMILES string of the molecule is Cc1ccc(N)cc1OCc1cn2ccccc2n1. The van der Waals surface area contributed by atoms with Crippen LogP contribution in [0.4, 0.5) is 5.69 Å². The van der Waals surface area contributed by atoms with Gasteiger partial charge >= 0.3 is 0 Å². The third-order valence-electron chi connectivity index (χ3n) is 3.00. The highest BCUT2D eigenvalue weighted by Gasteiger charge is 2.04. The molecule has 3 rings (SSSR count). The van der Waals surface area contributed by atoms with Crippen LogP contribution in [0, 0.1) is 6.92 Å². The minimum absolute atomic E-state index is 0.436. The van der Waals surface area contributed by atoms with Gasteiger partial charge < -0.3 is 14.9 Å². The fourth-order valence-electron chi connectivity index (χ4n) is 1.98. The van der Waals surface area contributed by atoms with E-state index >= 15 is 0 Å². The number of rotatable bonds is 3. The van der Waals surface area contributed by atoms with Crippen LogP contribution in [-0.2, 0) is 6.61 Å². The predicted octanol–water partition coefficient (Wildman–Crippen LogP) is 2.80. The van der Waals surface area contributed by atoms with Gasteiger partial charge in [-0.15, -0.1) is 0 Å². The summed E-state index contributed by atoms with van der Waals surface area (Å²) in [6.45, 7) is 2.43. The van der Waals surface area contributed by atoms with Crippen molar-refractivity contribution in [3.63, 3.8) is 0 Å². The molecule has 4 heteroatoms. The Kier molecular flexibility index (Phi) is 2.83. The highest BCUT2D eigenvalue weighted by molar-refractivity contribution is 5.48. The number of pyridine rings is 1. The fourth-order valence-corrected chi connectivity index (χ4v) is 1.98. The lowest BCUT2D eigenvalue weighted by Crippen LogP contribution is -1.98. The molecule has 96 valence electrons. The molecular weight excluding hydrogens is 238 g/mol. The lowest BCUT2D eigenvalue weighted by Gasteiger charge is -2.08. The van der Waals surface area contributed by atoms with Gasteiger partial charge in [0.25, 0.3) is 0 Å². The summed E-state index contributed by atoms with van der Waals surface area (Å²) < 4.78 is 7.75. The maximum absolute atomic E-state index is 5.78. The second-order valence-electron chi connectivity index (χ2n) is 4.51. The maximum Gasteiger partial charge on any atom is 0.137 e. The first-order valence-corrected chi connectivity index (χ1v) is 6.14. The molecule has 0 aliphatic heterocycles. The van der Waals surface area contributed by atoms with Crippen molar-refractivity contribution in [3.8, 4) is 5.75 Å². The molecule has 0 bridgehead atoms. The van der Waals surface area contributed by atoms with E-state index in [1.54, 1.807) is 0 Å². The Morgan fingerprint density at radius 1 is 1.26 bits per heavy atom. The molecule has 3 aromatic rings. The fraction of sp³-hybridized carbons (Fsp3) is 0.133. The van der Waals surface area contributed by atoms with Gasteiger partial charge in [0.2, 0.25) is 0 Å². The molecule has 19 heavy (non-hydrogen) atoms. The number of imidazole rings is 1. The van der Waals surface area contributed by atoms with Gasteiger partial charge in [-0.05, 0) is 30.7 Å². The summed E-state index contributed by atoms with van der Waals surface area (Å²) in [4.78, 5) is 4.49. The number of ether oxygens (including phenoxy) is 1. The van der Waals surface area contributed by atoms with E-state index in [2.05, 4.69) is 4.98 Å². The predicted molar refractivity (Wildman–Crippen MR) is 75.1 cm³/mol. The molecule has 0 radical (unpaired) electrons. The van der Waals surface area contributed by atoms with Crippen LogP contribution in [0.15, 0.2) is 48.8 Å². The summed E-state index contributed by atoms with van der Waals surface area (Å²) in [6.07, 6.45) is 3.94. The number of nitrogens with two attached hydrogens (primary N) is 1. The highest BCUT2D eigenvalue weighted by atomic mass is 16.5. The van der Waals surface area contributed by atoms with Crippen molar-refractivity contribution in [2.75, 3.05) is 5.73 Å². The van der Waals surface area contributed by atoms with E-state index in [1.165, 1.54) is 0 Å². The average Bonchev–Trinajstić information content (AvgIpc) is 2.82. The molecule has 1 aromatic carbocycles. The summed E-state index contributed by atoms with van der Waals surface area (Å²) in [5.74, 6) is 0.803. The quantitative estimate of drug-likeness (QED) is 0.730. The lowest BCUT2D eigenvalue weighted by molar-refractivity contribution is 0.300. The number of aryl methyl sites for hydroxylation is 1. The van der Waals surface area contributed by atoms with Gasteiger partial charge in [-0.1, -0.05) is 12.1 Å². The second kappa shape index (κ2) is 4.65. The molecule has 0 fully saturated rings. The lowest BCUT2D eigenvalue weighted by atomic mass is 10.2. The molecule has 0 spiro atoms. The molecule has 0 unspecified atom stereocenters. The summed E-state index contributed by atoms with van der Waals surface area (Å²) >= 11 is 0.